The summed E-state index contributed by atoms with van der Waals surface area (Å²) in [5.74, 6) is -7.14. The number of aromatic hydroxyl groups is 1. The smallest absolute Gasteiger partial charge is 0.246 e. The Morgan fingerprint density at radius 2 is 1.30 bits per heavy atom. The van der Waals surface area contributed by atoms with Gasteiger partial charge in [-0.3, -0.25) is 38.4 Å². The van der Waals surface area contributed by atoms with Crippen LogP contribution in [0.2, 0.25) is 0 Å². The average Bonchev–Trinajstić information content (AvgIpc) is 4.09. The van der Waals surface area contributed by atoms with E-state index in [1.165, 1.54) is 19.1 Å². The number of hydrogen-bond acceptors (Lipinski definition) is 13. The Morgan fingerprint density at radius 1 is 0.691 bits per heavy atom. The minimum Gasteiger partial charge on any atom is -0.508 e. The molecule has 4 aromatic carbocycles. The van der Waals surface area contributed by atoms with E-state index in [2.05, 4.69) is 47.2 Å². The van der Waals surface area contributed by atoms with Crippen LogP contribution in [0, 0.1) is 5.92 Å². The lowest BCUT2D eigenvalue weighted by Crippen LogP contribution is -2.65. The van der Waals surface area contributed by atoms with E-state index in [1.54, 1.807) is 50.5 Å². The highest BCUT2D eigenvalue weighted by atomic mass is 33.1. The van der Waals surface area contributed by atoms with Crippen LogP contribution in [0.3, 0.4) is 0 Å². The fourth-order valence-corrected chi connectivity index (χ4v) is 11.8. The zero-order valence-corrected chi connectivity index (χ0v) is 47.1. The Labute approximate surface area is 477 Å². The van der Waals surface area contributed by atoms with Gasteiger partial charge in [-0.25, -0.2) is 0 Å². The Kier molecular flexibility index (Phi) is 21.4. The van der Waals surface area contributed by atoms with Crippen molar-refractivity contribution in [2.24, 2.45) is 23.1 Å². The predicted octanol–water partition coefficient (Wildman–Crippen LogP) is 2.40. The minimum atomic E-state index is -1.73. The molecule has 8 amide bonds. The van der Waals surface area contributed by atoms with Crippen molar-refractivity contribution in [2.45, 2.75) is 114 Å². The number of rotatable bonds is 18. The number of phenolic OH excluding ortho intramolecular Hbond substituents is 1. The van der Waals surface area contributed by atoms with Gasteiger partial charge in [0, 0.05) is 65.0 Å². The molecule has 0 radical (unpaired) electrons. The first-order valence-corrected chi connectivity index (χ1v) is 29.4. The maximum Gasteiger partial charge on any atom is 0.246 e. The fourth-order valence-electron chi connectivity index (χ4n) is 9.52. The van der Waals surface area contributed by atoms with Crippen LogP contribution in [0.25, 0.3) is 21.8 Å². The number of amides is 8. The van der Waals surface area contributed by atoms with Gasteiger partial charge in [0.25, 0.3) is 0 Å². The number of aromatic nitrogens is 2. The third-order valence-corrected chi connectivity index (χ3v) is 16.6. The molecule has 3 heterocycles. The van der Waals surface area contributed by atoms with Crippen molar-refractivity contribution in [3.63, 3.8) is 0 Å². The maximum atomic E-state index is 15.0. The number of aromatic amines is 2. The first kappa shape index (κ1) is 60.8. The molecule has 1 saturated heterocycles. The van der Waals surface area contributed by atoms with E-state index < -0.39 is 101 Å². The summed E-state index contributed by atoms with van der Waals surface area (Å²) in [5, 5.41) is 31.5. The first-order valence-electron chi connectivity index (χ1n) is 26.9. The molecule has 0 spiro atoms. The summed E-state index contributed by atoms with van der Waals surface area (Å²) in [5.41, 5.74) is 20.7. The van der Waals surface area contributed by atoms with Gasteiger partial charge < -0.3 is 69.5 Å². The second kappa shape index (κ2) is 28.5. The zero-order valence-electron chi connectivity index (χ0n) is 45.4. The standard InChI is InChI=1S/C58H72N12O9S2/c1-33(2)49-56(78)68-48(53(75)64-44(50(61)72)27-36-29-62-42-17-9-7-15-39(36)42)32-81-80-31-47(67-51(73)41(60)25-34-13-5-4-6-14-34)54(76)65-45(26-35-19-21-38(71)22-20-35)52(74)66-46(28-37-30-63-43-18-10-8-16-40(37)43)55(77)70-58(3,57(79)69-49)23-11-12-24-59/h4-10,13-22,29-30,33,41,44-49,62-63,71H,11-12,23-28,31-32,59-60H2,1-3H3,(H2,61,72)(H,64,75)(H,65,76)(H,66,74)(H,67,73)(H,68,78)(H,69,79)(H,70,77)/t41-,44+,45+,46-,47+,48+,49+,58+/m1/s1. The fraction of sp³-hybridized carbons (Fsp3) is 0.379. The number of nitrogens with one attached hydrogen (secondary N) is 9. The highest BCUT2D eigenvalue weighted by Gasteiger charge is 2.41. The van der Waals surface area contributed by atoms with Gasteiger partial charge in [0.2, 0.25) is 47.3 Å². The summed E-state index contributed by atoms with van der Waals surface area (Å²) >= 11 is 0. The SMILES string of the molecule is CC(C)[C@@H]1NC(=O)[C@](C)(CCCCN)NC(=O)[C@@H](Cc2c[nH]c3ccccc23)NC(=O)[C@H](Cc2ccc(O)cc2)NC(=O)[C@@H](NC(=O)[C@H](N)Cc2ccccc2)CSSC[C@@H](C(=O)N[C@@H](Cc2c[nH]c3ccccc23)C(N)=O)NC1=O. The van der Waals surface area contributed by atoms with Crippen molar-refractivity contribution in [3.05, 3.63) is 138 Å². The number of unbranched alkanes of at least 4 members (excludes halogenated alkanes) is 1. The van der Waals surface area contributed by atoms with E-state index in [4.69, 9.17) is 17.2 Å². The van der Waals surface area contributed by atoms with Gasteiger partial charge in [-0.05, 0) is 91.6 Å². The van der Waals surface area contributed by atoms with Gasteiger partial charge in [-0.1, -0.05) is 114 Å². The molecular weight excluding hydrogens is 1070 g/mol. The number of nitrogens with two attached hydrogens (primary N) is 3. The number of fused-ring (bicyclic) bond motifs is 2. The molecule has 16 N–H and O–H groups in total. The number of H-pyrrole nitrogens is 2. The second-order valence-electron chi connectivity index (χ2n) is 20.8. The molecular formula is C58H72N12O9S2. The lowest BCUT2D eigenvalue weighted by Gasteiger charge is -2.34. The summed E-state index contributed by atoms with van der Waals surface area (Å²) < 4.78 is 0. The molecule has 0 saturated carbocycles. The normalized spacial score (nSPS) is 21.7. The van der Waals surface area contributed by atoms with Gasteiger partial charge in [0.15, 0.2) is 0 Å². The van der Waals surface area contributed by atoms with E-state index in [-0.39, 0.29) is 55.9 Å². The molecule has 1 aliphatic rings. The molecule has 0 bridgehead atoms. The van der Waals surface area contributed by atoms with E-state index >= 15 is 4.79 Å². The maximum absolute atomic E-state index is 15.0. The average molecular weight is 1150 g/mol. The van der Waals surface area contributed by atoms with Crippen molar-refractivity contribution in [1.29, 1.82) is 0 Å². The first-order chi connectivity index (χ1) is 38.8. The third-order valence-electron chi connectivity index (χ3n) is 14.2. The van der Waals surface area contributed by atoms with Crippen LogP contribution in [0.15, 0.2) is 116 Å². The quantitative estimate of drug-likeness (QED) is 0.0435. The molecule has 6 aromatic rings. The Morgan fingerprint density at radius 3 is 1.95 bits per heavy atom. The largest absolute Gasteiger partial charge is 0.508 e. The summed E-state index contributed by atoms with van der Waals surface area (Å²) in [7, 11) is 2.13. The van der Waals surface area contributed by atoms with Crippen molar-refractivity contribution >= 4 is 90.7 Å². The van der Waals surface area contributed by atoms with Crippen molar-refractivity contribution < 1.29 is 43.5 Å². The Hall–Kier alpha value is -7.86. The van der Waals surface area contributed by atoms with Crippen molar-refractivity contribution in [3.8, 4) is 5.75 Å². The number of benzene rings is 4. The topological polar surface area (TPSA) is 351 Å². The number of carbonyl (C=O) groups excluding carboxylic acids is 8. The van der Waals surface area contributed by atoms with Crippen LogP contribution >= 0.6 is 21.6 Å². The molecule has 2 aromatic heterocycles. The van der Waals surface area contributed by atoms with Crippen LogP contribution in [-0.2, 0) is 64.0 Å². The highest BCUT2D eigenvalue weighted by Crippen LogP contribution is 2.26. The lowest BCUT2D eigenvalue weighted by molar-refractivity contribution is -0.138. The Bertz CT molecular complexity index is 3170. The van der Waals surface area contributed by atoms with Gasteiger partial charge >= 0.3 is 0 Å². The van der Waals surface area contributed by atoms with Crippen molar-refractivity contribution in [1.82, 2.24) is 47.2 Å². The minimum absolute atomic E-state index is 0.00405. The van der Waals surface area contributed by atoms with Crippen molar-refractivity contribution in [2.75, 3.05) is 18.1 Å². The van der Waals surface area contributed by atoms with Crippen LogP contribution < -0.4 is 54.4 Å². The van der Waals surface area contributed by atoms with E-state index in [0.29, 0.717) is 29.5 Å². The highest BCUT2D eigenvalue weighted by molar-refractivity contribution is 8.76. The summed E-state index contributed by atoms with van der Waals surface area (Å²) in [6.45, 7) is 5.19. The van der Waals surface area contributed by atoms with Crippen LogP contribution in [0.5, 0.6) is 5.75 Å². The van der Waals surface area contributed by atoms with Gasteiger partial charge in [-0.2, -0.15) is 0 Å². The van der Waals surface area contributed by atoms with Gasteiger partial charge in [0.1, 0.15) is 47.5 Å². The molecule has 21 nitrogen and oxygen atoms in total. The van der Waals surface area contributed by atoms with Gasteiger partial charge in [0.05, 0.1) is 6.04 Å². The Balaban J connectivity index is 1.27. The van der Waals surface area contributed by atoms with Crippen LogP contribution in [0.4, 0.5) is 0 Å². The molecule has 23 heteroatoms. The predicted molar refractivity (Wildman–Crippen MR) is 314 cm³/mol. The van der Waals surface area contributed by atoms with E-state index in [0.717, 1.165) is 49.0 Å². The monoisotopic (exact) mass is 1140 g/mol. The van der Waals surface area contributed by atoms with E-state index in [9.17, 15) is 38.7 Å². The van der Waals surface area contributed by atoms with Crippen LogP contribution in [0.1, 0.15) is 62.3 Å². The van der Waals surface area contributed by atoms with Crippen LogP contribution in [-0.4, -0.2) is 128 Å². The molecule has 0 unspecified atom stereocenters. The number of phenols is 1. The molecule has 0 aliphatic carbocycles. The molecule has 7 rings (SSSR count). The molecule has 430 valence electrons. The number of carbonyl (C=O) groups is 8. The zero-order chi connectivity index (χ0) is 58.2. The number of primary amides is 1. The summed E-state index contributed by atoms with van der Waals surface area (Å²) in [6, 6.07) is 20.7. The molecule has 8 atom stereocenters. The van der Waals surface area contributed by atoms with E-state index in [1.807, 2.05) is 66.7 Å². The van der Waals surface area contributed by atoms with Gasteiger partial charge in [-0.15, -0.1) is 0 Å². The molecule has 1 fully saturated rings. The summed E-state index contributed by atoms with van der Waals surface area (Å²) in [4.78, 5) is 122. The third kappa shape index (κ3) is 16.6. The lowest BCUT2D eigenvalue weighted by atomic mass is 9.91. The number of hydrogen-bond donors (Lipinski definition) is 13. The summed E-state index contributed by atoms with van der Waals surface area (Å²) in [6.07, 6.45) is 4.22. The molecule has 81 heavy (non-hydrogen) atoms. The molecule has 1 aliphatic heterocycles. The second-order valence-corrected chi connectivity index (χ2v) is 23.4. The number of para-hydroxylation sites is 2.